The van der Waals surface area contributed by atoms with E-state index in [1.54, 1.807) is 5.56 Å². The topological polar surface area (TPSA) is 12.0 Å². The summed E-state index contributed by atoms with van der Waals surface area (Å²) in [5.74, 6) is 0.784. The first kappa shape index (κ1) is 9.72. The standard InChI is InChI=1S/C13H19N/c1-11-5-2-3-7-13(11)12-6-4-9-14-10-8-12/h2-3,5,7,12,14H,4,6,8-10H2,1H3. The molecular weight excluding hydrogens is 170 g/mol. The molecule has 1 heteroatoms. The van der Waals surface area contributed by atoms with Crippen molar-refractivity contribution >= 4 is 0 Å². The summed E-state index contributed by atoms with van der Waals surface area (Å²) in [4.78, 5) is 0. The van der Waals surface area contributed by atoms with Crippen molar-refractivity contribution < 1.29 is 0 Å². The van der Waals surface area contributed by atoms with Crippen molar-refractivity contribution in [2.45, 2.75) is 32.1 Å². The zero-order valence-corrected chi connectivity index (χ0v) is 8.92. The molecule has 1 nitrogen and oxygen atoms in total. The Kier molecular flexibility index (Phi) is 3.20. The van der Waals surface area contributed by atoms with Gasteiger partial charge in [-0.05, 0) is 56.3 Å². The highest BCUT2D eigenvalue weighted by Crippen LogP contribution is 2.28. The van der Waals surface area contributed by atoms with Gasteiger partial charge < -0.3 is 5.32 Å². The van der Waals surface area contributed by atoms with Gasteiger partial charge in [0.2, 0.25) is 0 Å². The average molecular weight is 189 g/mol. The lowest BCUT2D eigenvalue weighted by atomic mass is 9.89. The third kappa shape index (κ3) is 2.16. The molecule has 1 atom stereocenters. The minimum Gasteiger partial charge on any atom is -0.317 e. The summed E-state index contributed by atoms with van der Waals surface area (Å²) in [6.07, 6.45) is 3.96. The summed E-state index contributed by atoms with van der Waals surface area (Å²) in [7, 11) is 0. The fourth-order valence-corrected chi connectivity index (χ4v) is 2.37. The zero-order valence-electron chi connectivity index (χ0n) is 8.92. The first-order valence-corrected chi connectivity index (χ1v) is 5.64. The summed E-state index contributed by atoms with van der Waals surface area (Å²) >= 11 is 0. The molecule has 0 aliphatic carbocycles. The van der Waals surface area contributed by atoms with E-state index in [0.29, 0.717) is 0 Å². The van der Waals surface area contributed by atoms with E-state index in [1.165, 1.54) is 37.9 Å². The molecule has 1 saturated heterocycles. The van der Waals surface area contributed by atoms with E-state index >= 15 is 0 Å². The van der Waals surface area contributed by atoms with Crippen LogP contribution in [0.2, 0.25) is 0 Å². The molecule has 2 rings (SSSR count). The molecular formula is C13H19N. The molecule has 14 heavy (non-hydrogen) atoms. The Hall–Kier alpha value is -0.820. The molecule has 0 radical (unpaired) electrons. The van der Waals surface area contributed by atoms with Gasteiger partial charge >= 0.3 is 0 Å². The summed E-state index contributed by atoms with van der Waals surface area (Å²) < 4.78 is 0. The Balaban J connectivity index is 2.16. The van der Waals surface area contributed by atoms with Crippen molar-refractivity contribution in [3.63, 3.8) is 0 Å². The zero-order chi connectivity index (χ0) is 9.80. The Labute approximate surface area is 86.5 Å². The van der Waals surface area contributed by atoms with Gasteiger partial charge in [0, 0.05) is 0 Å². The van der Waals surface area contributed by atoms with Gasteiger partial charge in [0.15, 0.2) is 0 Å². The normalized spacial score (nSPS) is 23.1. The van der Waals surface area contributed by atoms with Crippen LogP contribution >= 0.6 is 0 Å². The van der Waals surface area contributed by atoms with Crippen LogP contribution in [0.1, 0.15) is 36.3 Å². The van der Waals surface area contributed by atoms with E-state index in [4.69, 9.17) is 0 Å². The van der Waals surface area contributed by atoms with Crippen molar-refractivity contribution in [1.82, 2.24) is 5.32 Å². The van der Waals surface area contributed by atoms with Crippen LogP contribution in [0.5, 0.6) is 0 Å². The third-order valence-electron chi connectivity index (χ3n) is 3.20. The fourth-order valence-electron chi connectivity index (χ4n) is 2.37. The minimum absolute atomic E-state index is 0.784. The highest BCUT2D eigenvalue weighted by atomic mass is 14.8. The second-order valence-electron chi connectivity index (χ2n) is 4.23. The lowest BCUT2D eigenvalue weighted by molar-refractivity contribution is 0.606. The van der Waals surface area contributed by atoms with Crippen molar-refractivity contribution in [2.24, 2.45) is 0 Å². The highest BCUT2D eigenvalue weighted by molar-refractivity contribution is 5.29. The van der Waals surface area contributed by atoms with Crippen LogP contribution in [0.25, 0.3) is 0 Å². The van der Waals surface area contributed by atoms with Crippen LogP contribution in [0.4, 0.5) is 0 Å². The van der Waals surface area contributed by atoms with E-state index < -0.39 is 0 Å². The Bertz CT molecular complexity index is 285. The van der Waals surface area contributed by atoms with Gasteiger partial charge in [-0.3, -0.25) is 0 Å². The first-order valence-electron chi connectivity index (χ1n) is 5.64. The fraction of sp³-hybridized carbons (Fsp3) is 0.538. The maximum Gasteiger partial charge on any atom is -0.00431 e. The molecule has 0 amide bonds. The minimum atomic E-state index is 0.784. The van der Waals surface area contributed by atoms with Gasteiger partial charge in [0.25, 0.3) is 0 Å². The summed E-state index contributed by atoms with van der Waals surface area (Å²) in [6.45, 7) is 4.61. The van der Waals surface area contributed by atoms with Crippen LogP contribution in [0, 0.1) is 6.92 Å². The number of aryl methyl sites for hydroxylation is 1. The highest BCUT2D eigenvalue weighted by Gasteiger charge is 2.14. The second-order valence-corrected chi connectivity index (χ2v) is 4.23. The lowest BCUT2D eigenvalue weighted by Crippen LogP contribution is -2.13. The van der Waals surface area contributed by atoms with E-state index in [2.05, 4.69) is 36.5 Å². The third-order valence-corrected chi connectivity index (χ3v) is 3.20. The number of hydrogen-bond donors (Lipinski definition) is 1. The quantitative estimate of drug-likeness (QED) is 0.716. The van der Waals surface area contributed by atoms with Gasteiger partial charge in [-0.1, -0.05) is 24.3 Å². The predicted octanol–water partition coefficient (Wildman–Crippen LogP) is 2.85. The van der Waals surface area contributed by atoms with Crippen molar-refractivity contribution in [2.75, 3.05) is 13.1 Å². The van der Waals surface area contributed by atoms with Gasteiger partial charge in [0.05, 0.1) is 0 Å². The molecule has 1 aliphatic rings. The Morgan fingerprint density at radius 3 is 2.86 bits per heavy atom. The molecule has 1 heterocycles. The largest absolute Gasteiger partial charge is 0.317 e. The van der Waals surface area contributed by atoms with E-state index in [0.717, 1.165) is 5.92 Å². The van der Waals surface area contributed by atoms with Crippen LogP contribution in [-0.2, 0) is 0 Å². The molecule has 76 valence electrons. The Morgan fingerprint density at radius 1 is 1.14 bits per heavy atom. The average Bonchev–Trinajstić information content (AvgIpc) is 2.47. The van der Waals surface area contributed by atoms with Gasteiger partial charge in [-0.25, -0.2) is 0 Å². The van der Waals surface area contributed by atoms with Gasteiger partial charge in [-0.15, -0.1) is 0 Å². The van der Waals surface area contributed by atoms with Crippen LogP contribution in [-0.4, -0.2) is 13.1 Å². The Morgan fingerprint density at radius 2 is 2.00 bits per heavy atom. The van der Waals surface area contributed by atoms with Crippen LogP contribution < -0.4 is 5.32 Å². The molecule has 0 aromatic heterocycles. The number of hydrogen-bond acceptors (Lipinski definition) is 1. The summed E-state index contributed by atoms with van der Waals surface area (Å²) in [5.41, 5.74) is 3.02. The molecule has 1 aliphatic heterocycles. The van der Waals surface area contributed by atoms with Gasteiger partial charge in [-0.2, -0.15) is 0 Å². The van der Waals surface area contributed by atoms with Gasteiger partial charge in [0.1, 0.15) is 0 Å². The molecule has 0 spiro atoms. The molecule has 0 saturated carbocycles. The van der Waals surface area contributed by atoms with Crippen molar-refractivity contribution in [3.05, 3.63) is 35.4 Å². The van der Waals surface area contributed by atoms with Crippen LogP contribution in [0.3, 0.4) is 0 Å². The van der Waals surface area contributed by atoms with E-state index in [9.17, 15) is 0 Å². The molecule has 1 fully saturated rings. The molecule has 1 aromatic rings. The first-order chi connectivity index (χ1) is 6.88. The summed E-state index contributed by atoms with van der Waals surface area (Å²) in [6, 6.07) is 8.83. The monoisotopic (exact) mass is 189 g/mol. The number of benzene rings is 1. The maximum atomic E-state index is 3.47. The van der Waals surface area contributed by atoms with Crippen molar-refractivity contribution in [1.29, 1.82) is 0 Å². The number of nitrogens with one attached hydrogen (secondary N) is 1. The lowest BCUT2D eigenvalue weighted by Gasteiger charge is -2.16. The predicted molar refractivity (Wildman–Crippen MR) is 60.6 cm³/mol. The second kappa shape index (κ2) is 4.61. The molecule has 1 aromatic carbocycles. The smallest absolute Gasteiger partial charge is 0.00431 e. The van der Waals surface area contributed by atoms with Crippen molar-refractivity contribution in [3.8, 4) is 0 Å². The maximum absolute atomic E-state index is 3.47. The SMILES string of the molecule is Cc1ccccc1C1CCCNCC1. The summed E-state index contributed by atoms with van der Waals surface area (Å²) in [5, 5.41) is 3.47. The molecule has 0 bridgehead atoms. The van der Waals surface area contributed by atoms with E-state index in [-0.39, 0.29) is 0 Å². The molecule has 1 N–H and O–H groups in total. The van der Waals surface area contributed by atoms with E-state index in [1.807, 2.05) is 0 Å². The van der Waals surface area contributed by atoms with Crippen LogP contribution in [0.15, 0.2) is 24.3 Å². The number of rotatable bonds is 1. The molecule has 1 unspecified atom stereocenters.